The molecule has 2 unspecified atom stereocenters. The van der Waals surface area contributed by atoms with Crippen LogP contribution in [0, 0.1) is 5.92 Å². The second kappa shape index (κ2) is 16.5. The van der Waals surface area contributed by atoms with Crippen LogP contribution in [0.5, 0.6) is 0 Å². The number of hydrogen-bond donors (Lipinski definition) is 0. The molecule has 1 rings (SSSR count). The Kier molecular flexibility index (Phi) is 15.5. The summed E-state index contributed by atoms with van der Waals surface area (Å²) in [5.41, 5.74) is 5.02. The minimum atomic E-state index is -1.77. The molecule has 0 aromatic rings. The number of rotatable bonds is 18. The first-order valence-corrected chi connectivity index (χ1v) is 20.9. The minimum absolute atomic E-state index is 0.261. The van der Waals surface area contributed by atoms with Gasteiger partial charge in [-0.1, -0.05) is 86.3 Å². The Balaban J connectivity index is 2.99. The number of allylic oxidation sites excluding steroid dienone is 1. The van der Waals surface area contributed by atoms with Crippen LogP contribution < -0.4 is 0 Å². The van der Waals surface area contributed by atoms with Gasteiger partial charge < -0.3 is 8.85 Å². The van der Waals surface area contributed by atoms with Crippen LogP contribution in [-0.2, 0) is 8.85 Å². The van der Waals surface area contributed by atoms with Crippen molar-refractivity contribution in [1.29, 1.82) is 0 Å². The van der Waals surface area contributed by atoms with E-state index >= 15 is 0 Å². The first kappa shape index (κ1) is 33.6. The van der Waals surface area contributed by atoms with Gasteiger partial charge in [-0.25, -0.2) is 0 Å². The maximum atomic E-state index is 7.10. The van der Waals surface area contributed by atoms with Gasteiger partial charge in [0.2, 0.25) is 0 Å². The van der Waals surface area contributed by atoms with Crippen LogP contribution in [-0.4, -0.2) is 28.8 Å². The first-order valence-electron chi connectivity index (χ1n) is 15.4. The highest BCUT2D eigenvalue weighted by molar-refractivity contribution is 6.74. The van der Waals surface area contributed by atoms with E-state index in [2.05, 4.69) is 92.4 Å². The van der Waals surface area contributed by atoms with Gasteiger partial charge in [0.25, 0.3) is 0 Å². The van der Waals surface area contributed by atoms with Crippen molar-refractivity contribution in [2.45, 2.75) is 168 Å². The molecule has 36 heavy (non-hydrogen) atoms. The topological polar surface area (TPSA) is 18.5 Å². The molecule has 3 atom stereocenters. The van der Waals surface area contributed by atoms with Gasteiger partial charge in [-0.2, -0.15) is 0 Å². The summed E-state index contributed by atoms with van der Waals surface area (Å²) in [5.74, 6) is 0.561. The van der Waals surface area contributed by atoms with Crippen LogP contribution in [0.1, 0.15) is 120 Å². The minimum Gasteiger partial charge on any atom is -0.414 e. The molecule has 0 spiro atoms. The highest BCUT2D eigenvalue weighted by Crippen LogP contribution is 2.41. The third-order valence-electron chi connectivity index (χ3n) is 9.09. The fourth-order valence-corrected chi connectivity index (χ4v) is 9.61. The van der Waals surface area contributed by atoms with Crippen molar-refractivity contribution in [3.05, 3.63) is 29.5 Å². The molecular formula is C32H62O2Si2. The van der Waals surface area contributed by atoms with Crippen LogP contribution in [0.15, 0.2) is 29.5 Å². The Morgan fingerprint density at radius 1 is 1.00 bits per heavy atom. The third-order valence-corrected chi connectivity index (χ3v) is 18.3. The van der Waals surface area contributed by atoms with Crippen molar-refractivity contribution < 1.29 is 8.85 Å². The third kappa shape index (κ3) is 10.8. The lowest BCUT2D eigenvalue weighted by atomic mass is 9.90. The Morgan fingerprint density at radius 3 is 2.22 bits per heavy atom. The summed E-state index contributed by atoms with van der Waals surface area (Å²) in [6, 6.07) is 3.70. The monoisotopic (exact) mass is 534 g/mol. The summed E-state index contributed by atoms with van der Waals surface area (Å²) in [6.07, 6.45) is 19.6. The van der Waals surface area contributed by atoms with Gasteiger partial charge in [-0.15, -0.1) is 5.73 Å². The average molecular weight is 535 g/mol. The van der Waals surface area contributed by atoms with Crippen LogP contribution >= 0.6 is 0 Å². The second-order valence-corrected chi connectivity index (χ2v) is 22.1. The smallest absolute Gasteiger partial charge is 0.192 e. The molecule has 0 heterocycles. The summed E-state index contributed by atoms with van der Waals surface area (Å²) in [4.78, 5) is 0. The van der Waals surface area contributed by atoms with E-state index in [1.807, 2.05) is 0 Å². The van der Waals surface area contributed by atoms with E-state index in [4.69, 9.17) is 8.85 Å². The maximum absolute atomic E-state index is 7.10. The summed E-state index contributed by atoms with van der Waals surface area (Å²) in [5, 5.41) is 0.261. The molecule has 0 saturated carbocycles. The second-order valence-electron chi connectivity index (χ2n) is 12.6. The van der Waals surface area contributed by atoms with E-state index < -0.39 is 16.6 Å². The Morgan fingerprint density at radius 2 is 1.67 bits per heavy atom. The fraction of sp³-hybridized carbons (Fsp3) is 0.844. The van der Waals surface area contributed by atoms with Crippen molar-refractivity contribution in [3.63, 3.8) is 0 Å². The molecule has 1 aliphatic rings. The summed E-state index contributed by atoms with van der Waals surface area (Å²) < 4.78 is 14.1. The van der Waals surface area contributed by atoms with Crippen molar-refractivity contribution in [1.82, 2.24) is 0 Å². The highest BCUT2D eigenvalue weighted by atomic mass is 28.4. The summed E-state index contributed by atoms with van der Waals surface area (Å²) >= 11 is 0. The van der Waals surface area contributed by atoms with E-state index in [1.54, 1.807) is 5.57 Å². The molecule has 210 valence electrons. The largest absolute Gasteiger partial charge is 0.414 e. The highest BCUT2D eigenvalue weighted by Gasteiger charge is 2.40. The standard InChI is InChI=1S/C32H62O2Si2/c1-11-16-18-19-21-23-30-28(25-27-31(30)34-36(13-3,14-4)15-5)24-26-29(22-20-17-12-2)33-35(9,10)32(6,7)8/h16,19,25,29-31H,11-15,17,20-24,26-27H2,1-10H3/t18?,29?,30-,31?/m1/s1. The zero-order valence-electron chi connectivity index (χ0n) is 26.0. The SMILES string of the molecule is CCC=C=CCC[C@@H]1C(CCC(CCCCC)O[Si](C)(C)C(C)(C)C)=CCC1O[Si](CC)(CC)CC. The lowest BCUT2D eigenvalue weighted by Gasteiger charge is -2.39. The van der Waals surface area contributed by atoms with Gasteiger partial charge in [-0.3, -0.25) is 0 Å². The van der Waals surface area contributed by atoms with Crippen LogP contribution in [0.3, 0.4) is 0 Å². The molecule has 2 nitrogen and oxygen atoms in total. The number of hydrogen-bond acceptors (Lipinski definition) is 2. The molecule has 0 bridgehead atoms. The number of unbranched alkanes of at least 4 members (excludes halogenated alkanes) is 2. The predicted octanol–water partition coefficient (Wildman–Crippen LogP) is 11.0. The van der Waals surface area contributed by atoms with E-state index in [1.165, 1.54) is 56.7 Å². The van der Waals surface area contributed by atoms with Gasteiger partial charge in [-0.05, 0) is 93.4 Å². The van der Waals surface area contributed by atoms with Gasteiger partial charge in [0.1, 0.15) is 0 Å². The zero-order valence-corrected chi connectivity index (χ0v) is 28.0. The van der Waals surface area contributed by atoms with E-state index in [-0.39, 0.29) is 5.04 Å². The Bertz CT molecular complexity index is 685. The van der Waals surface area contributed by atoms with Gasteiger partial charge in [0.05, 0.1) is 6.10 Å². The normalized spacial score (nSPS) is 19.7. The lowest BCUT2D eigenvalue weighted by Crippen LogP contribution is -2.44. The quantitative estimate of drug-likeness (QED) is 0.0753. The molecule has 0 aliphatic heterocycles. The molecule has 0 radical (unpaired) electrons. The average Bonchev–Trinajstić information content (AvgIpc) is 3.21. The van der Waals surface area contributed by atoms with Gasteiger partial charge >= 0.3 is 0 Å². The Hall–Kier alpha value is -0.386. The van der Waals surface area contributed by atoms with Crippen molar-refractivity contribution in [2.24, 2.45) is 5.92 Å². The molecule has 4 heteroatoms. The predicted molar refractivity (Wildman–Crippen MR) is 166 cm³/mol. The molecule has 0 saturated heterocycles. The zero-order chi connectivity index (χ0) is 27.2. The summed E-state index contributed by atoms with van der Waals surface area (Å²) in [7, 11) is -3.39. The Labute approximate surface area is 228 Å². The summed E-state index contributed by atoms with van der Waals surface area (Å²) in [6.45, 7) is 23.5. The lowest BCUT2D eigenvalue weighted by molar-refractivity contribution is 0.139. The molecular weight excluding hydrogens is 473 g/mol. The molecule has 1 aliphatic carbocycles. The maximum Gasteiger partial charge on any atom is 0.192 e. The molecule has 0 amide bonds. The van der Waals surface area contributed by atoms with Crippen molar-refractivity contribution in [3.8, 4) is 0 Å². The molecule has 0 aromatic heterocycles. The van der Waals surface area contributed by atoms with E-state index in [0.717, 1.165) is 25.7 Å². The molecule has 0 fully saturated rings. The van der Waals surface area contributed by atoms with E-state index in [0.29, 0.717) is 18.1 Å². The fourth-order valence-electron chi connectivity index (χ4n) is 5.28. The van der Waals surface area contributed by atoms with Crippen LogP contribution in [0.4, 0.5) is 0 Å². The van der Waals surface area contributed by atoms with Crippen molar-refractivity contribution >= 4 is 16.6 Å². The van der Waals surface area contributed by atoms with Crippen LogP contribution in [0.25, 0.3) is 0 Å². The van der Waals surface area contributed by atoms with Gasteiger partial charge in [0.15, 0.2) is 16.6 Å². The first-order chi connectivity index (χ1) is 17.0. The van der Waals surface area contributed by atoms with Gasteiger partial charge in [0, 0.05) is 12.0 Å². The van der Waals surface area contributed by atoms with E-state index in [9.17, 15) is 0 Å². The molecule has 0 aromatic carbocycles. The van der Waals surface area contributed by atoms with Crippen molar-refractivity contribution in [2.75, 3.05) is 0 Å². The molecule has 0 N–H and O–H groups in total. The van der Waals surface area contributed by atoms with Crippen LogP contribution in [0.2, 0.25) is 36.3 Å².